The Kier molecular flexibility index (Phi) is 8.10. The van der Waals surface area contributed by atoms with Gasteiger partial charge in [0.05, 0.1) is 17.3 Å². The van der Waals surface area contributed by atoms with Crippen molar-refractivity contribution in [2.75, 3.05) is 13.2 Å². The van der Waals surface area contributed by atoms with Gasteiger partial charge in [-0.05, 0) is 64.2 Å². The van der Waals surface area contributed by atoms with Crippen LogP contribution in [0.3, 0.4) is 0 Å². The molecule has 29 heavy (non-hydrogen) atoms. The summed E-state index contributed by atoms with van der Waals surface area (Å²) in [6.07, 6.45) is 1.46. The molecule has 0 spiro atoms. The Labute approximate surface area is 187 Å². The van der Waals surface area contributed by atoms with Crippen molar-refractivity contribution in [2.45, 2.75) is 33.1 Å². The minimum Gasteiger partial charge on any atom is -0.503 e. The van der Waals surface area contributed by atoms with Crippen molar-refractivity contribution in [3.63, 3.8) is 0 Å². The molecule has 0 heterocycles. The van der Waals surface area contributed by atoms with E-state index in [2.05, 4.69) is 63.2 Å². The molecular formula is C21H24Br2N2O4. The molecule has 0 aliphatic carbocycles. The summed E-state index contributed by atoms with van der Waals surface area (Å²) in [7, 11) is 0. The van der Waals surface area contributed by atoms with Crippen molar-refractivity contribution in [3.8, 4) is 17.2 Å². The fraction of sp³-hybridized carbons (Fsp3) is 0.333. The second-order valence-electron chi connectivity index (χ2n) is 7.25. The first-order valence-corrected chi connectivity index (χ1v) is 10.6. The lowest BCUT2D eigenvalue weighted by molar-refractivity contribution is -0.123. The molecule has 2 N–H and O–H groups in total. The number of aromatic hydroxyl groups is 1. The number of nitrogens with one attached hydrogen (secondary N) is 1. The van der Waals surface area contributed by atoms with Crippen LogP contribution >= 0.6 is 31.9 Å². The van der Waals surface area contributed by atoms with Crippen LogP contribution in [0.1, 0.15) is 38.8 Å². The van der Waals surface area contributed by atoms with Gasteiger partial charge in [0.1, 0.15) is 5.75 Å². The van der Waals surface area contributed by atoms with Gasteiger partial charge in [0.2, 0.25) is 0 Å². The topological polar surface area (TPSA) is 80.2 Å². The van der Waals surface area contributed by atoms with Gasteiger partial charge in [-0.1, -0.05) is 36.7 Å². The number of benzene rings is 2. The van der Waals surface area contributed by atoms with Crippen molar-refractivity contribution in [1.82, 2.24) is 5.43 Å². The number of phenolic OH excluding ortho intramolecular Hbond substituents is 1. The van der Waals surface area contributed by atoms with Crippen molar-refractivity contribution >= 4 is 44.0 Å². The molecule has 2 aromatic rings. The minimum atomic E-state index is -0.382. The Morgan fingerprint density at radius 3 is 2.55 bits per heavy atom. The maximum absolute atomic E-state index is 12.1. The van der Waals surface area contributed by atoms with E-state index in [1.54, 1.807) is 12.1 Å². The van der Waals surface area contributed by atoms with Crippen LogP contribution in [0.2, 0.25) is 0 Å². The Bertz CT molecular complexity index is 908. The SMILES string of the molecule is CCOc1cc(/C=N/NC(=O)COc2ccc(Br)cc2C(C)(C)C)cc(Br)c1O. The highest BCUT2D eigenvalue weighted by Crippen LogP contribution is 2.35. The largest absolute Gasteiger partial charge is 0.503 e. The van der Waals surface area contributed by atoms with Crippen LogP contribution in [0.5, 0.6) is 17.2 Å². The monoisotopic (exact) mass is 526 g/mol. The van der Waals surface area contributed by atoms with Crippen molar-refractivity contribution in [3.05, 3.63) is 50.4 Å². The molecule has 0 aliphatic rings. The summed E-state index contributed by atoms with van der Waals surface area (Å²) >= 11 is 6.73. The van der Waals surface area contributed by atoms with Gasteiger partial charge < -0.3 is 14.6 Å². The van der Waals surface area contributed by atoms with Crippen LogP contribution in [0.25, 0.3) is 0 Å². The van der Waals surface area contributed by atoms with E-state index in [4.69, 9.17) is 9.47 Å². The number of amides is 1. The summed E-state index contributed by atoms with van der Waals surface area (Å²) in [6.45, 7) is 8.33. The highest BCUT2D eigenvalue weighted by Gasteiger charge is 2.20. The van der Waals surface area contributed by atoms with Crippen LogP contribution in [-0.2, 0) is 10.2 Å². The summed E-state index contributed by atoms with van der Waals surface area (Å²) in [5.74, 6) is 0.629. The van der Waals surface area contributed by atoms with Crippen LogP contribution < -0.4 is 14.9 Å². The molecule has 0 saturated heterocycles. The number of hydrogen-bond acceptors (Lipinski definition) is 5. The zero-order valence-electron chi connectivity index (χ0n) is 16.8. The molecule has 8 heteroatoms. The molecule has 6 nitrogen and oxygen atoms in total. The Hall–Kier alpha value is -2.06. The molecule has 2 rings (SSSR count). The molecule has 0 fully saturated rings. The number of hydrogen-bond donors (Lipinski definition) is 2. The van der Waals surface area contributed by atoms with E-state index in [0.29, 0.717) is 28.1 Å². The van der Waals surface area contributed by atoms with E-state index < -0.39 is 0 Å². The standard InChI is InChI=1S/C21H24Br2N2O4/c1-5-28-18-9-13(8-16(23)20(18)27)11-24-25-19(26)12-29-17-7-6-14(22)10-15(17)21(2,3)4/h6-11,27H,5,12H2,1-4H3,(H,25,26)/b24-11+. The summed E-state index contributed by atoms with van der Waals surface area (Å²) in [5, 5.41) is 13.9. The number of ether oxygens (including phenoxy) is 2. The normalized spacial score (nSPS) is 11.5. The molecule has 0 bridgehead atoms. The average Bonchev–Trinajstić information content (AvgIpc) is 2.64. The maximum atomic E-state index is 12.1. The third kappa shape index (κ3) is 6.75. The Balaban J connectivity index is 1.99. The van der Waals surface area contributed by atoms with Gasteiger partial charge in [-0.25, -0.2) is 5.43 Å². The number of phenols is 1. The van der Waals surface area contributed by atoms with Gasteiger partial charge in [0.25, 0.3) is 5.91 Å². The van der Waals surface area contributed by atoms with Gasteiger partial charge >= 0.3 is 0 Å². The summed E-state index contributed by atoms with van der Waals surface area (Å²) in [4.78, 5) is 12.1. The predicted molar refractivity (Wildman–Crippen MR) is 121 cm³/mol. The minimum absolute atomic E-state index is 0.0191. The summed E-state index contributed by atoms with van der Waals surface area (Å²) in [6, 6.07) is 9.00. The highest BCUT2D eigenvalue weighted by atomic mass is 79.9. The number of hydrazone groups is 1. The number of nitrogens with zero attached hydrogens (tertiary/aromatic N) is 1. The second-order valence-corrected chi connectivity index (χ2v) is 9.02. The third-order valence-corrected chi connectivity index (χ3v) is 4.96. The molecule has 0 saturated carbocycles. The van der Waals surface area contributed by atoms with Gasteiger partial charge in [-0.3, -0.25) is 4.79 Å². The van der Waals surface area contributed by atoms with Crippen LogP contribution in [0.4, 0.5) is 0 Å². The number of carbonyl (C=O) groups excluding carboxylic acids is 1. The Morgan fingerprint density at radius 1 is 1.17 bits per heavy atom. The fourth-order valence-electron chi connectivity index (χ4n) is 2.50. The average molecular weight is 528 g/mol. The number of rotatable bonds is 7. The molecule has 0 atom stereocenters. The number of carbonyl (C=O) groups is 1. The zero-order valence-corrected chi connectivity index (χ0v) is 19.9. The van der Waals surface area contributed by atoms with Crippen molar-refractivity contribution in [2.24, 2.45) is 5.10 Å². The lowest BCUT2D eigenvalue weighted by atomic mass is 9.86. The molecule has 0 radical (unpaired) electrons. The van der Waals surface area contributed by atoms with Crippen LogP contribution in [0.15, 0.2) is 44.4 Å². The van der Waals surface area contributed by atoms with Crippen LogP contribution in [-0.4, -0.2) is 30.4 Å². The van der Waals surface area contributed by atoms with Crippen LogP contribution in [0, 0.1) is 0 Å². The lowest BCUT2D eigenvalue weighted by Crippen LogP contribution is -2.25. The van der Waals surface area contributed by atoms with E-state index in [1.807, 2.05) is 25.1 Å². The lowest BCUT2D eigenvalue weighted by Gasteiger charge is -2.23. The molecule has 0 aliphatic heterocycles. The van der Waals surface area contributed by atoms with E-state index in [1.165, 1.54) is 6.21 Å². The third-order valence-electron chi connectivity index (χ3n) is 3.86. The highest BCUT2D eigenvalue weighted by molar-refractivity contribution is 9.10. The van der Waals surface area contributed by atoms with E-state index in [0.717, 1.165) is 10.0 Å². The van der Waals surface area contributed by atoms with Gasteiger partial charge in [-0.2, -0.15) is 5.10 Å². The van der Waals surface area contributed by atoms with E-state index in [-0.39, 0.29) is 23.7 Å². The van der Waals surface area contributed by atoms with Crippen molar-refractivity contribution < 1.29 is 19.4 Å². The second kappa shape index (κ2) is 10.1. The molecule has 0 aromatic heterocycles. The van der Waals surface area contributed by atoms with Crippen molar-refractivity contribution in [1.29, 1.82) is 0 Å². The molecule has 2 aromatic carbocycles. The first-order valence-electron chi connectivity index (χ1n) is 9.02. The zero-order chi connectivity index (χ0) is 21.6. The van der Waals surface area contributed by atoms with E-state index >= 15 is 0 Å². The van der Waals surface area contributed by atoms with Gasteiger partial charge in [0.15, 0.2) is 18.1 Å². The molecular weight excluding hydrogens is 504 g/mol. The fourth-order valence-corrected chi connectivity index (χ4v) is 3.32. The van der Waals surface area contributed by atoms with Gasteiger partial charge in [0, 0.05) is 10.0 Å². The summed E-state index contributed by atoms with van der Waals surface area (Å²) < 4.78 is 12.5. The maximum Gasteiger partial charge on any atom is 0.277 e. The quantitative estimate of drug-likeness (QED) is 0.386. The van der Waals surface area contributed by atoms with Gasteiger partial charge in [-0.15, -0.1) is 0 Å². The Morgan fingerprint density at radius 2 is 1.90 bits per heavy atom. The smallest absolute Gasteiger partial charge is 0.277 e. The number of halogens is 2. The molecule has 1 amide bonds. The first kappa shape index (κ1) is 23.2. The first-order chi connectivity index (χ1) is 13.6. The van der Waals surface area contributed by atoms with E-state index in [9.17, 15) is 9.90 Å². The molecule has 156 valence electrons. The predicted octanol–water partition coefficient (Wildman–Crippen LogP) is 5.14. The summed E-state index contributed by atoms with van der Waals surface area (Å²) in [5.41, 5.74) is 3.96. The molecule has 0 unspecified atom stereocenters.